The standard InChI is InChI=1S/C12H16F2O/c1-9(7-8-12(13)14)10-5-3-4-6-11(10)15-2/h3-6,9,12H,7-8H2,1-2H3. The van der Waals surface area contributed by atoms with E-state index in [4.69, 9.17) is 4.74 Å². The van der Waals surface area contributed by atoms with Gasteiger partial charge in [0.05, 0.1) is 7.11 Å². The summed E-state index contributed by atoms with van der Waals surface area (Å²) in [5, 5.41) is 0. The monoisotopic (exact) mass is 214 g/mol. The average molecular weight is 214 g/mol. The Hall–Kier alpha value is -1.12. The highest BCUT2D eigenvalue weighted by Crippen LogP contribution is 2.29. The number of ether oxygens (including phenoxy) is 1. The molecule has 0 aliphatic carbocycles. The zero-order valence-corrected chi connectivity index (χ0v) is 9.04. The Morgan fingerprint density at radius 3 is 2.47 bits per heavy atom. The summed E-state index contributed by atoms with van der Waals surface area (Å²) in [4.78, 5) is 0. The van der Waals surface area contributed by atoms with Crippen LogP contribution in [0.5, 0.6) is 5.75 Å². The van der Waals surface area contributed by atoms with Crippen LogP contribution in [0.1, 0.15) is 31.2 Å². The molecule has 1 aromatic rings. The summed E-state index contributed by atoms with van der Waals surface area (Å²) >= 11 is 0. The van der Waals surface area contributed by atoms with Crippen LogP contribution in [0.2, 0.25) is 0 Å². The number of benzene rings is 1. The largest absolute Gasteiger partial charge is 0.496 e. The molecule has 15 heavy (non-hydrogen) atoms. The van der Waals surface area contributed by atoms with Gasteiger partial charge in [-0.1, -0.05) is 25.1 Å². The first kappa shape index (κ1) is 12.0. The summed E-state index contributed by atoms with van der Waals surface area (Å²) < 4.78 is 29.3. The average Bonchev–Trinajstić information content (AvgIpc) is 2.25. The van der Waals surface area contributed by atoms with E-state index in [1.54, 1.807) is 7.11 Å². The van der Waals surface area contributed by atoms with Crippen molar-refractivity contribution in [3.8, 4) is 5.75 Å². The van der Waals surface area contributed by atoms with E-state index in [-0.39, 0.29) is 12.3 Å². The van der Waals surface area contributed by atoms with Gasteiger partial charge in [-0.05, 0) is 24.0 Å². The molecule has 1 atom stereocenters. The maximum absolute atomic E-state index is 12.1. The first-order valence-corrected chi connectivity index (χ1v) is 5.06. The molecule has 0 fully saturated rings. The van der Waals surface area contributed by atoms with Crippen LogP contribution in [0.4, 0.5) is 8.78 Å². The molecule has 0 aromatic heterocycles. The second-order valence-electron chi connectivity index (χ2n) is 3.61. The predicted octanol–water partition coefficient (Wildman–Crippen LogP) is 3.84. The zero-order chi connectivity index (χ0) is 11.3. The van der Waals surface area contributed by atoms with Crippen molar-refractivity contribution in [2.24, 2.45) is 0 Å². The van der Waals surface area contributed by atoms with Crippen LogP contribution >= 0.6 is 0 Å². The third-order valence-corrected chi connectivity index (χ3v) is 2.49. The van der Waals surface area contributed by atoms with Crippen LogP contribution in [0.25, 0.3) is 0 Å². The topological polar surface area (TPSA) is 9.23 Å². The van der Waals surface area contributed by atoms with E-state index in [2.05, 4.69) is 0 Å². The molecule has 0 N–H and O–H groups in total. The maximum atomic E-state index is 12.1. The van der Waals surface area contributed by atoms with Gasteiger partial charge < -0.3 is 4.74 Å². The van der Waals surface area contributed by atoms with Crippen molar-refractivity contribution in [1.29, 1.82) is 0 Å². The molecule has 0 aliphatic rings. The van der Waals surface area contributed by atoms with Gasteiger partial charge >= 0.3 is 0 Å². The van der Waals surface area contributed by atoms with Crippen molar-refractivity contribution < 1.29 is 13.5 Å². The Morgan fingerprint density at radius 1 is 1.20 bits per heavy atom. The lowest BCUT2D eigenvalue weighted by atomic mass is 9.95. The molecule has 1 rings (SSSR count). The molecule has 1 aromatic carbocycles. The summed E-state index contributed by atoms with van der Waals surface area (Å²) in [6.07, 6.45) is -1.79. The third-order valence-electron chi connectivity index (χ3n) is 2.49. The number of alkyl halides is 2. The second kappa shape index (κ2) is 5.69. The van der Waals surface area contributed by atoms with E-state index in [1.807, 2.05) is 31.2 Å². The lowest BCUT2D eigenvalue weighted by Crippen LogP contribution is -2.00. The smallest absolute Gasteiger partial charge is 0.238 e. The number of para-hydroxylation sites is 1. The molecule has 3 heteroatoms. The van der Waals surface area contributed by atoms with Crippen molar-refractivity contribution in [3.05, 3.63) is 29.8 Å². The van der Waals surface area contributed by atoms with Gasteiger partial charge in [-0.25, -0.2) is 8.78 Å². The Kier molecular flexibility index (Phi) is 4.53. The lowest BCUT2D eigenvalue weighted by Gasteiger charge is -2.15. The fourth-order valence-electron chi connectivity index (χ4n) is 1.61. The molecule has 84 valence electrons. The van der Waals surface area contributed by atoms with Crippen molar-refractivity contribution in [3.63, 3.8) is 0 Å². The van der Waals surface area contributed by atoms with Crippen LogP contribution in [-0.4, -0.2) is 13.5 Å². The van der Waals surface area contributed by atoms with E-state index in [0.29, 0.717) is 6.42 Å². The van der Waals surface area contributed by atoms with E-state index < -0.39 is 6.43 Å². The first-order chi connectivity index (χ1) is 7.15. The molecule has 0 aliphatic heterocycles. The number of hydrogen-bond acceptors (Lipinski definition) is 1. The fourth-order valence-corrected chi connectivity index (χ4v) is 1.61. The molecular weight excluding hydrogens is 198 g/mol. The molecule has 0 heterocycles. The van der Waals surface area contributed by atoms with Gasteiger partial charge in [0.1, 0.15) is 5.75 Å². The Balaban J connectivity index is 2.68. The van der Waals surface area contributed by atoms with Gasteiger partial charge in [-0.3, -0.25) is 0 Å². The summed E-state index contributed by atoms with van der Waals surface area (Å²) in [6, 6.07) is 7.56. The highest BCUT2D eigenvalue weighted by atomic mass is 19.3. The van der Waals surface area contributed by atoms with Crippen LogP contribution in [0, 0.1) is 0 Å². The summed E-state index contributed by atoms with van der Waals surface area (Å²) in [5.74, 6) is 0.884. The molecule has 1 nitrogen and oxygen atoms in total. The van der Waals surface area contributed by atoms with E-state index in [9.17, 15) is 8.78 Å². The summed E-state index contributed by atoms with van der Waals surface area (Å²) in [7, 11) is 1.60. The molecule has 0 bridgehead atoms. The molecule has 0 saturated carbocycles. The number of methoxy groups -OCH3 is 1. The van der Waals surface area contributed by atoms with Crippen molar-refractivity contribution >= 4 is 0 Å². The lowest BCUT2D eigenvalue weighted by molar-refractivity contribution is 0.132. The second-order valence-corrected chi connectivity index (χ2v) is 3.61. The molecule has 1 unspecified atom stereocenters. The number of hydrogen-bond donors (Lipinski definition) is 0. The van der Waals surface area contributed by atoms with E-state index in [1.165, 1.54) is 0 Å². The first-order valence-electron chi connectivity index (χ1n) is 5.06. The Bertz CT molecular complexity index is 299. The minimum absolute atomic E-state index is 0.0563. The predicted molar refractivity (Wildman–Crippen MR) is 56.6 cm³/mol. The van der Waals surface area contributed by atoms with Gasteiger partial charge in [-0.2, -0.15) is 0 Å². The van der Waals surface area contributed by atoms with Gasteiger partial charge in [-0.15, -0.1) is 0 Å². The highest BCUT2D eigenvalue weighted by Gasteiger charge is 2.13. The number of rotatable bonds is 5. The third kappa shape index (κ3) is 3.50. The number of halogens is 2. The van der Waals surface area contributed by atoms with Gasteiger partial charge in [0.15, 0.2) is 0 Å². The Morgan fingerprint density at radius 2 is 1.87 bits per heavy atom. The minimum Gasteiger partial charge on any atom is -0.496 e. The van der Waals surface area contributed by atoms with Crippen molar-refractivity contribution in [1.82, 2.24) is 0 Å². The maximum Gasteiger partial charge on any atom is 0.238 e. The minimum atomic E-state index is -2.22. The van der Waals surface area contributed by atoms with Crippen molar-refractivity contribution in [2.75, 3.05) is 7.11 Å². The van der Waals surface area contributed by atoms with Crippen LogP contribution in [0.3, 0.4) is 0 Å². The quantitative estimate of drug-likeness (QED) is 0.723. The highest BCUT2D eigenvalue weighted by molar-refractivity contribution is 5.35. The molecular formula is C12H16F2O. The summed E-state index contributed by atoms with van der Waals surface area (Å²) in [5.41, 5.74) is 1.00. The molecule has 0 spiro atoms. The fraction of sp³-hybridized carbons (Fsp3) is 0.500. The SMILES string of the molecule is COc1ccccc1C(C)CCC(F)F. The van der Waals surface area contributed by atoms with Crippen LogP contribution in [0.15, 0.2) is 24.3 Å². The van der Waals surface area contributed by atoms with E-state index in [0.717, 1.165) is 11.3 Å². The van der Waals surface area contributed by atoms with Gasteiger partial charge in [0, 0.05) is 6.42 Å². The van der Waals surface area contributed by atoms with E-state index >= 15 is 0 Å². The normalized spacial score (nSPS) is 12.9. The molecule has 0 radical (unpaired) electrons. The van der Waals surface area contributed by atoms with Gasteiger partial charge in [0.2, 0.25) is 6.43 Å². The van der Waals surface area contributed by atoms with Gasteiger partial charge in [0.25, 0.3) is 0 Å². The zero-order valence-electron chi connectivity index (χ0n) is 9.04. The summed E-state index contributed by atoms with van der Waals surface area (Å²) in [6.45, 7) is 1.94. The van der Waals surface area contributed by atoms with Crippen LogP contribution < -0.4 is 4.74 Å². The molecule has 0 amide bonds. The van der Waals surface area contributed by atoms with Crippen LogP contribution in [-0.2, 0) is 0 Å². The molecule has 0 saturated heterocycles. The van der Waals surface area contributed by atoms with Crippen molar-refractivity contribution in [2.45, 2.75) is 32.1 Å². The Labute approximate surface area is 89.1 Å².